The molecule has 1 aliphatic rings. The van der Waals surface area contributed by atoms with Crippen molar-refractivity contribution in [2.45, 2.75) is 38.1 Å². The van der Waals surface area contributed by atoms with Gasteiger partial charge < -0.3 is 15.5 Å². The van der Waals surface area contributed by atoms with Crippen LogP contribution in [0.15, 0.2) is 4.99 Å². The van der Waals surface area contributed by atoms with E-state index in [2.05, 4.69) is 15.6 Å². The van der Waals surface area contributed by atoms with E-state index in [1.54, 1.807) is 14.1 Å². The van der Waals surface area contributed by atoms with E-state index in [-0.39, 0.29) is 31.5 Å². The van der Waals surface area contributed by atoms with Crippen molar-refractivity contribution in [3.8, 4) is 0 Å². The summed E-state index contributed by atoms with van der Waals surface area (Å²) in [4.78, 5) is 17.4. The van der Waals surface area contributed by atoms with E-state index >= 15 is 0 Å². The topological polar surface area (TPSA) is 94.1 Å². The summed E-state index contributed by atoms with van der Waals surface area (Å²) in [5, 5.41) is 6.22. The first kappa shape index (κ1) is 24.5. The third-order valence-corrected chi connectivity index (χ3v) is 6.09. The molecule has 0 saturated carbocycles. The van der Waals surface area contributed by atoms with Gasteiger partial charge in [-0.3, -0.25) is 4.79 Å². The monoisotopic (exact) mass is 429 g/mol. The maximum absolute atomic E-state index is 12.6. The number of rotatable bonds is 8. The average Bonchev–Trinajstić information content (AvgIpc) is 2.62. The number of likely N-dealkylation sites (N-methyl/N-ethyl adjacent to an activating group) is 1. The van der Waals surface area contributed by atoms with Gasteiger partial charge in [0.15, 0.2) is 5.96 Å². The summed E-state index contributed by atoms with van der Waals surface area (Å²) in [5.41, 5.74) is -5.26. The van der Waals surface area contributed by atoms with E-state index < -0.39 is 15.5 Å². The highest BCUT2D eigenvalue weighted by atomic mass is 32.2. The minimum Gasteiger partial charge on any atom is -0.356 e. The van der Waals surface area contributed by atoms with Gasteiger partial charge in [0.05, 0.1) is 0 Å². The molecule has 1 saturated heterocycles. The second-order valence-electron chi connectivity index (χ2n) is 6.91. The Morgan fingerprint density at radius 1 is 1.21 bits per heavy atom. The third-order valence-electron chi connectivity index (χ3n) is 4.46. The van der Waals surface area contributed by atoms with Crippen LogP contribution in [0.5, 0.6) is 0 Å². The number of amides is 1. The quantitative estimate of drug-likeness (QED) is 0.341. The zero-order valence-corrected chi connectivity index (χ0v) is 17.4. The van der Waals surface area contributed by atoms with Gasteiger partial charge in [-0.05, 0) is 25.2 Å². The van der Waals surface area contributed by atoms with Crippen molar-refractivity contribution in [3.05, 3.63) is 0 Å². The Kier molecular flexibility index (Phi) is 9.48. The van der Waals surface area contributed by atoms with Crippen molar-refractivity contribution >= 4 is 21.9 Å². The molecule has 28 heavy (non-hydrogen) atoms. The van der Waals surface area contributed by atoms with Crippen LogP contribution >= 0.6 is 0 Å². The maximum atomic E-state index is 12.6. The van der Waals surface area contributed by atoms with E-state index in [4.69, 9.17) is 0 Å². The highest BCUT2D eigenvalue weighted by Crippen LogP contribution is 2.30. The van der Waals surface area contributed by atoms with Gasteiger partial charge in [0.25, 0.3) is 0 Å². The van der Waals surface area contributed by atoms with Crippen LogP contribution in [0, 0.1) is 5.92 Å². The molecule has 0 spiro atoms. The molecular formula is C16H30F3N5O3S. The van der Waals surface area contributed by atoms with Crippen molar-refractivity contribution < 1.29 is 26.4 Å². The highest BCUT2D eigenvalue weighted by Gasteiger charge is 2.50. The molecule has 1 heterocycles. The van der Waals surface area contributed by atoms with Crippen LogP contribution in [-0.2, 0) is 14.8 Å². The van der Waals surface area contributed by atoms with E-state index in [9.17, 15) is 26.4 Å². The highest BCUT2D eigenvalue weighted by molar-refractivity contribution is 7.90. The lowest BCUT2D eigenvalue weighted by atomic mass is 9.98. The van der Waals surface area contributed by atoms with Crippen molar-refractivity contribution in [2.24, 2.45) is 10.9 Å². The number of halogens is 3. The molecule has 8 nitrogen and oxygen atoms in total. The summed E-state index contributed by atoms with van der Waals surface area (Å²) in [7, 11) is -1.99. The summed E-state index contributed by atoms with van der Waals surface area (Å²) >= 11 is 0. The van der Waals surface area contributed by atoms with Crippen LogP contribution < -0.4 is 10.6 Å². The first-order valence-electron chi connectivity index (χ1n) is 9.27. The number of carbonyl (C=O) groups excluding carboxylic acids is 1. The Hall–Kier alpha value is -1.56. The first-order chi connectivity index (χ1) is 13.0. The van der Waals surface area contributed by atoms with Crippen molar-refractivity contribution in [3.63, 3.8) is 0 Å². The molecule has 0 atom stereocenters. The van der Waals surface area contributed by atoms with Crippen LogP contribution in [0.3, 0.4) is 0 Å². The number of alkyl halides is 3. The minimum absolute atomic E-state index is 0.0161. The predicted molar refractivity (Wildman–Crippen MR) is 101 cm³/mol. The summed E-state index contributed by atoms with van der Waals surface area (Å²) in [6, 6.07) is 0. The Labute approximate surface area is 164 Å². The van der Waals surface area contributed by atoms with Gasteiger partial charge in [-0.1, -0.05) is 13.3 Å². The number of nitrogens with zero attached hydrogens (tertiary/aromatic N) is 3. The van der Waals surface area contributed by atoms with E-state index in [0.29, 0.717) is 36.2 Å². The summed E-state index contributed by atoms with van der Waals surface area (Å²) in [5.74, 6) is 0.332. The normalized spacial score (nSPS) is 17.4. The number of unbranched alkanes of at least 4 members (excludes halogenated alkanes) is 1. The number of carbonyl (C=O) groups is 1. The van der Waals surface area contributed by atoms with Crippen LogP contribution in [0.2, 0.25) is 0 Å². The van der Waals surface area contributed by atoms with Gasteiger partial charge in [0.2, 0.25) is 5.91 Å². The summed E-state index contributed by atoms with van der Waals surface area (Å²) < 4.78 is 61.3. The van der Waals surface area contributed by atoms with E-state index in [1.807, 2.05) is 6.92 Å². The molecule has 12 heteroatoms. The molecular weight excluding hydrogens is 399 g/mol. The number of hydrogen-bond donors (Lipinski definition) is 2. The SMILES string of the molecule is CCCCNC(=NCC(=O)N(C)C)NCC1CCN(S(=O)(=O)C(F)(F)F)CC1. The molecule has 1 amide bonds. The third kappa shape index (κ3) is 7.46. The van der Waals surface area contributed by atoms with Crippen LogP contribution in [0.4, 0.5) is 13.2 Å². The first-order valence-corrected chi connectivity index (χ1v) is 10.7. The zero-order valence-electron chi connectivity index (χ0n) is 16.5. The van der Waals surface area contributed by atoms with Crippen LogP contribution in [-0.4, -0.2) is 81.8 Å². The lowest BCUT2D eigenvalue weighted by molar-refractivity contribution is -0.127. The molecule has 2 N–H and O–H groups in total. The van der Waals surface area contributed by atoms with Gasteiger partial charge in [0.1, 0.15) is 6.54 Å². The summed E-state index contributed by atoms with van der Waals surface area (Å²) in [6.45, 7) is 2.82. The average molecular weight is 430 g/mol. The van der Waals surface area contributed by atoms with E-state index in [0.717, 1.165) is 12.8 Å². The molecule has 0 unspecified atom stereocenters. The van der Waals surface area contributed by atoms with E-state index in [1.165, 1.54) is 4.90 Å². The molecule has 1 rings (SSSR count). The number of guanidine groups is 1. The number of hydrogen-bond acceptors (Lipinski definition) is 4. The molecule has 1 aliphatic heterocycles. The molecule has 164 valence electrons. The van der Waals surface area contributed by atoms with Crippen molar-refractivity contribution in [1.29, 1.82) is 0 Å². The molecule has 0 bridgehead atoms. The number of nitrogens with one attached hydrogen (secondary N) is 2. The molecule has 0 aromatic rings. The van der Waals surface area contributed by atoms with Gasteiger partial charge >= 0.3 is 15.5 Å². The molecule has 0 radical (unpaired) electrons. The maximum Gasteiger partial charge on any atom is 0.511 e. The largest absolute Gasteiger partial charge is 0.511 e. The predicted octanol–water partition coefficient (Wildman–Crippen LogP) is 0.972. The van der Waals surface area contributed by atoms with Crippen LogP contribution in [0.25, 0.3) is 0 Å². The Morgan fingerprint density at radius 2 is 1.82 bits per heavy atom. The fourth-order valence-electron chi connectivity index (χ4n) is 2.59. The molecule has 0 aromatic heterocycles. The number of aliphatic imine (C=N–C) groups is 1. The van der Waals surface area contributed by atoms with Gasteiger partial charge in [0, 0.05) is 40.3 Å². The Morgan fingerprint density at radius 3 is 2.32 bits per heavy atom. The lowest BCUT2D eigenvalue weighted by Crippen LogP contribution is -2.47. The van der Waals surface area contributed by atoms with Gasteiger partial charge in [-0.15, -0.1) is 0 Å². The number of piperidine rings is 1. The second kappa shape index (κ2) is 10.8. The molecule has 0 aromatic carbocycles. The molecule has 0 aliphatic carbocycles. The number of sulfonamides is 1. The smallest absolute Gasteiger partial charge is 0.356 e. The second-order valence-corrected chi connectivity index (χ2v) is 8.84. The van der Waals surface area contributed by atoms with Gasteiger partial charge in [-0.2, -0.15) is 17.5 Å². The molecule has 1 fully saturated rings. The fraction of sp³-hybridized carbons (Fsp3) is 0.875. The van der Waals surface area contributed by atoms with Crippen LogP contribution in [0.1, 0.15) is 32.6 Å². The lowest BCUT2D eigenvalue weighted by Gasteiger charge is -2.31. The minimum atomic E-state index is -5.26. The Bertz CT molecular complexity index is 630. The van der Waals surface area contributed by atoms with Crippen molar-refractivity contribution in [2.75, 3.05) is 46.8 Å². The summed E-state index contributed by atoms with van der Waals surface area (Å²) in [6.07, 6.45) is 2.56. The Balaban J connectivity index is 2.57. The fourth-order valence-corrected chi connectivity index (χ4v) is 3.57. The standard InChI is InChI=1S/C16H30F3N5O3S/c1-4-5-8-20-15(22-12-14(25)23(2)3)21-11-13-6-9-24(10-7-13)28(26,27)16(17,18)19/h13H,4-12H2,1-3H3,(H2,20,21,22). The zero-order chi connectivity index (χ0) is 21.4. The van der Waals surface area contributed by atoms with Gasteiger partial charge in [-0.25, -0.2) is 13.4 Å². The van der Waals surface area contributed by atoms with Crippen molar-refractivity contribution in [1.82, 2.24) is 19.8 Å².